The van der Waals surface area contributed by atoms with Crippen LogP contribution in [-0.4, -0.2) is 25.9 Å². The summed E-state index contributed by atoms with van der Waals surface area (Å²) >= 11 is 9.70. The van der Waals surface area contributed by atoms with Gasteiger partial charge in [0, 0.05) is 22.6 Å². The zero-order valence-electron chi connectivity index (χ0n) is 16.8. The topological polar surface area (TPSA) is 39.7 Å². The summed E-state index contributed by atoms with van der Waals surface area (Å²) in [6.45, 7) is 9.50. The predicted octanol–water partition coefficient (Wildman–Crippen LogP) is 5.98. The number of halogens is 2. The molecule has 0 saturated carbocycles. The Bertz CT molecular complexity index is 740. The quantitative estimate of drug-likeness (QED) is 0.387. The Morgan fingerprint density at radius 3 is 2.61 bits per heavy atom. The van der Waals surface area contributed by atoms with Gasteiger partial charge in [-0.1, -0.05) is 39.7 Å². The molecule has 0 aliphatic heterocycles. The average molecular weight is 471 g/mol. The van der Waals surface area contributed by atoms with Crippen LogP contribution in [0.2, 0.25) is 5.02 Å². The van der Waals surface area contributed by atoms with Crippen molar-refractivity contribution in [2.75, 3.05) is 19.8 Å². The normalized spacial score (nSPS) is 11.1. The fourth-order valence-corrected chi connectivity index (χ4v) is 3.30. The molecule has 0 saturated heterocycles. The number of hydrogen-bond donors (Lipinski definition) is 1. The van der Waals surface area contributed by atoms with Crippen molar-refractivity contribution in [2.24, 2.45) is 0 Å². The summed E-state index contributed by atoms with van der Waals surface area (Å²) in [7, 11) is 0. The van der Waals surface area contributed by atoms with Gasteiger partial charge >= 0.3 is 0 Å². The molecule has 0 unspecified atom stereocenters. The SMILES string of the molecule is CCOc1cc(CNCCCOC(C)C)c(Br)cc1OCc1cccc(Cl)c1. The fraction of sp³-hybridized carbons (Fsp3) is 0.455. The minimum absolute atomic E-state index is 0.280. The highest BCUT2D eigenvalue weighted by Gasteiger charge is 2.11. The Labute approximate surface area is 181 Å². The third kappa shape index (κ3) is 8.00. The molecule has 0 heterocycles. The molecule has 0 bridgehead atoms. The second kappa shape index (κ2) is 12.3. The van der Waals surface area contributed by atoms with Crippen LogP contribution in [0, 0.1) is 0 Å². The van der Waals surface area contributed by atoms with Gasteiger partial charge in [0.25, 0.3) is 0 Å². The first kappa shape index (κ1) is 23.0. The first-order valence-corrected chi connectivity index (χ1v) is 10.8. The van der Waals surface area contributed by atoms with E-state index in [1.165, 1.54) is 0 Å². The lowest BCUT2D eigenvalue weighted by molar-refractivity contribution is 0.0770. The molecule has 2 aromatic carbocycles. The van der Waals surface area contributed by atoms with E-state index in [-0.39, 0.29) is 6.10 Å². The summed E-state index contributed by atoms with van der Waals surface area (Å²) in [5, 5.41) is 4.15. The van der Waals surface area contributed by atoms with Crippen LogP contribution in [0.4, 0.5) is 0 Å². The molecule has 28 heavy (non-hydrogen) atoms. The van der Waals surface area contributed by atoms with E-state index in [0.717, 1.165) is 47.5 Å². The average Bonchev–Trinajstić information content (AvgIpc) is 2.65. The van der Waals surface area contributed by atoms with Gasteiger partial charge in [-0.05, 0) is 69.1 Å². The minimum Gasteiger partial charge on any atom is -0.490 e. The van der Waals surface area contributed by atoms with Gasteiger partial charge in [-0.3, -0.25) is 0 Å². The summed E-state index contributed by atoms with van der Waals surface area (Å²) in [6.07, 6.45) is 1.26. The van der Waals surface area contributed by atoms with Crippen LogP contribution >= 0.6 is 27.5 Å². The van der Waals surface area contributed by atoms with Crippen molar-refractivity contribution >= 4 is 27.5 Å². The molecule has 1 N–H and O–H groups in total. The Hall–Kier alpha value is -1.27. The molecule has 6 heteroatoms. The summed E-state index contributed by atoms with van der Waals surface area (Å²) in [5.41, 5.74) is 2.14. The van der Waals surface area contributed by atoms with Gasteiger partial charge < -0.3 is 19.5 Å². The number of hydrogen-bond acceptors (Lipinski definition) is 4. The molecule has 0 amide bonds. The van der Waals surface area contributed by atoms with Crippen molar-refractivity contribution in [3.8, 4) is 11.5 Å². The largest absolute Gasteiger partial charge is 0.490 e. The fourth-order valence-electron chi connectivity index (χ4n) is 2.62. The second-order valence-electron chi connectivity index (χ2n) is 6.69. The molecule has 0 spiro atoms. The molecule has 0 aromatic heterocycles. The van der Waals surface area contributed by atoms with Crippen LogP contribution in [-0.2, 0) is 17.9 Å². The maximum Gasteiger partial charge on any atom is 0.162 e. The molecule has 0 radical (unpaired) electrons. The molecule has 0 aliphatic rings. The van der Waals surface area contributed by atoms with Crippen molar-refractivity contribution in [3.63, 3.8) is 0 Å². The summed E-state index contributed by atoms with van der Waals surface area (Å²) in [6, 6.07) is 11.7. The van der Waals surface area contributed by atoms with Crippen molar-refractivity contribution < 1.29 is 14.2 Å². The molecular weight excluding hydrogens is 442 g/mol. The predicted molar refractivity (Wildman–Crippen MR) is 119 cm³/mol. The van der Waals surface area contributed by atoms with Gasteiger partial charge in [0.2, 0.25) is 0 Å². The van der Waals surface area contributed by atoms with Gasteiger partial charge in [-0.15, -0.1) is 0 Å². The van der Waals surface area contributed by atoms with Gasteiger partial charge in [-0.25, -0.2) is 0 Å². The maximum atomic E-state index is 6.05. The first-order valence-electron chi connectivity index (χ1n) is 9.64. The molecule has 2 aromatic rings. The Morgan fingerprint density at radius 1 is 1.11 bits per heavy atom. The molecule has 0 atom stereocenters. The van der Waals surface area contributed by atoms with Gasteiger partial charge in [-0.2, -0.15) is 0 Å². The minimum atomic E-state index is 0.280. The van der Waals surface area contributed by atoms with Gasteiger partial charge in [0.05, 0.1) is 12.7 Å². The summed E-state index contributed by atoms with van der Waals surface area (Å²) in [5.74, 6) is 1.45. The molecule has 4 nitrogen and oxygen atoms in total. The highest BCUT2D eigenvalue weighted by atomic mass is 79.9. The zero-order valence-corrected chi connectivity index (χ0v) is 19.1. The summed E-state index contributed by atoms with van der Waals surface area (Å²) < 4.78 is 18.3. The van der Waals surface area contributed by atoms with Crippen molar-refractivity contribution in [1.29, 1.82) is 0 Å². The van der Waals surface area contributed by atoms with Crippen LogP contribution < -0.4 is 14.8 Å². The monoisotopic (exact) mass is 469 g/mol. The highest BCUT2D eigenvalue weighted by Crippen LogP contribution is 2.34. The zero-order chi connectivity index (χ0) is 20.4. The van der Waals surface area contributed by atoms with Crippen LogP contribution in [0.5, 0.6) is 11.5 Å². The molecule has 0 aliphatic carbocycles. The Balaban J connectivity index is 1.96. The number of nitrogens with one attached hydrogen (secondary N) is 1. The number of ether oxygens (including phenoxy) is 3. The molecule has 0 fully saturated rings. The van der Waals surface area contributed by atoms with Crippen LogP contribution in [0.25, 0.3) is 0 Å². The lowest BCUT2D eigenvalue weighted by Gasteiger charge is -2.16. The molecule has 2 rings (SSSR count). The smallest absolute Gasteiger partial charge is 0.162 e. The van der Waals surface area contributed by atoms with E-state index in [9.17, 15) is 0 Å². The second-order valence-corrected chi connectivity index (χ2v) is 7.98. The third-order valence-corrected chi connectivity index (χ3v) is 4.93. The molecular formula is C22H29BrClNO3. The van der Waals surface area contributed by atoms with E-state index in [1.807, 2.05) is 43.3 Å². The maximum absolute atomic E-state index is 6.05. The van der Waals surface area contributed by atoms with Crippen molar-refractivity contribution in [3.05, 3.63) is 57.0 Å². The third-order valence-electron chi connectivity index (χ3n) is 3.96. The standard InChI is InChI=1S/C22H29BrClNO3/c1-4-26-21-12-18(14-25-9-6-10-27-16(2)3)20(23)13-22(21)28-15-17-7-5-8-19(24)11-17/h5,7-8,11-13,16,25H,4,6,9-10,14-15H2,1-3H3. The Morgan fingerprint density at radius 2 is 1.89 bits per heavy atom. The van der Waals surface area contributed by atoms with Gasteiger partial charge in [0.1, 0.15) is 6.61 Å². The highest BCUT2D eigenvalue weighted by molar-refractivity contribution is 9.10. The van der Waals surface area contributed by atoms with E-state index in [0.29, 0.717) is 24.0 Å². The van der Waals surface area contributed by atoms with Crippen LogP contribution in [0.15, 0.2) is 40.9 Å². The van der Waals surface area contributed by atoms with E-state index in [4.69, 9.17) is 25.8 Å². The molecule has 154 valence electrons. The lowest BCUT2D eigenvalue weighted by atomic mass is 10.2. The van der Waals surface area contributed by atoms with Crippen LogP contribution in [0.3, 0.4) is 0 Å². The number of benzene rings is 2. The van der Waals surface area contributed by atoms with Crippen LogP contribution in [0.1, 0.15) is 38.3 Å². The van der Waals surface area contributed by atoms with Crippen molar-refractivity contribution in [2.45, 2.75) is 46.4 Å². The van der Waals surface area contributed by atoms with E-state index in [1.54, 1.807) is 0 Å². The lowest BCUT2D eigenvalue weighted by Crippen LogP contribution is -2.17. The number of rotatable bonds is 12. The van der Waals surface area contributed by atoms with E-state index < -0.39 is 0 Å². The van der Waals surface area contributed by atoms with Gasteiger partial charge in [0.15, 0.2) is 11.5 Å². The first-order chi connectivity index (χ1) is 13.5. The summed E-state index contributed by atoms with van der Waals surface area (Å²) in [4.78, 5) is 0. The van der Waals surface area contributed by atoms with E-state index >= 15 is 0 Å². The van der Waals surface area contributed by atoms with Crippen molar-refractivity contribution in [1.82, 2.24) is 5.32 Å². The van der Waals surface area contributed by atoms with E-state index in [2.05, 4.69) is 35.1 Å². The Kier molecular flexibility index (Phi) is 10.1.